The van der Waals surface area contributed by atoms with E-state index in [9.17, 15) is 9.59 Å². The molecule has 2 aliphatic heterocycles. The smallest absolute Gasteiger partial charge is 0.276 e. The molecule has 4 rings (SSSR count). The summed E-state index contributed by atoms with van der Waals surface area (Å²) in [6.45, 7) is 3.09. The van der Waals surface area contributed by atoms with Crippen LogP contribution in [0.25, 0.3) is 0 Å². The third-order valence-corrected chi connectivity index (χ3v) is 5.57. The Morgan fingerprint density at radius 2 is 1.93 bits per heavy atom. The first-order chi connectivity index (χ1) is 13.0. The maximum atomic E-state index is 12.9. The number of amides is 2. The van der Waals surface area contributed by atoms with Crippen LogP contribution in [-0.2, 0) is 18.3 Å². The molecule has 0 spiro atoms. The lowest BCUT2D eigenvalue weighted by molar-refractivity contribution is -0.119. The molecule has 3 heterocycles. The molecule has 0 bridgehead atoms. The summed E-state index contributed by atoms with van der Waals surface area (Å²) in [4.78, 5) is 31.2. The Morgan fingerprint density at radius 1 is 1.15 bits per heavy atom. The third-order valence-electron chi connectivity index (χ3n) is 5.57. The van der Waals surface area contributed by atoms with Crippen molar-refractivity contribution < 1.29 is 9.59 Å². The fourth-order valence-corrected chi connectivity index (χ4v) is 3.89. The number of carbonyl (C=O) groups excluding carboxylic acids is 2. The Balaban J connectivity index is 1.54. The van der Waals surface area contributed by atoms with Crippen LogP contribution >= 0.6 is 0 Å². The van der Waals surface area contributed by atoms with Crippen molar-refractivity contribution in [2.45, 2.75) is 19.3 Å². The summed E-state index contributed by atoms with van der Waals surface area (Å²) in [6, 6.07) is 7.69. The SMILES string of the molecule is CN(C(=O)CN1CCCC1)c1ccc2c(c1)N(C(=O)c1ccnn1C)CC2. The summed E-state index contributed by atoms with van der Waals surface area (Å²) < 4.78 is 1.59. The van der Waals surface area contributed by atoms with E-state index in [-0.39, 0.29) is 11.8 Å². The number of fused-ring (bicyclic) bond motifs is 1. The molecule has 1 fully saturated rings. The van der Waals surface area contributed by atoms with Gasteiger partial charge in [-0.2, -0.15) is 5.10 Å². The molecule has 2 amide bonds. The van der Waals surface area contributed by atoms with Crippen molar-refractivity contribution in [3.8, 4) is 0 Å². The van der Waals surface area contributed by atoms with Gasteiger partial charge in [-0.1, -0.05) is 6.07 Å². The van der Waals surface area contributed by atoms with Gasteiger partial charge < -0.3 is 9.80 Å². The zero-order chi connectivity index (χ0) is 19.0. The van der Waals surface area contributed by atoms with Crippen LogP contribution in [0, 0.1) is 0 Å². The van der Waals surface area contributed by atoms with Crippen molar-refractivity contribution in [2.24, 2.45) is 7.05 Å². The lowest BCUT2D eigenvalue weighted by atomic mass is 10.1. The van der Waals surface area contributed by atoms with Crippen molar-refractivity contribution >= 4 is 23.2 Å². The number of aromatic nitrogens is 2. The van der Waals surface area contributed by atoms with Crippen molar-refractivity contribution in [3.63, 3.8) is 0 Å². The number of nitrogens with zero attached hydrogens (tertiary/aromatic N) is 5. The van der Waals surface area contributed by atoms with Gasteiger partial charge in [0, 0.05) is 38.2 Å². The van der Waals surface area contributed by atoms with Gasteiger partial charge in [-0.25, -0.2) is 0 Å². The van der Waals surface area contributed by atoms with Gasteiger partial charge in [0.25, 0.3) is 5.91 Å². The quantitative estimate of drug-likeness (QED) is 0.825. The Bertz CT molecular complexity index is 869. The van der Waals surface area contributed by atoms with Crippen LogP contribution in [-0.4, -0.2) is 59.7 Å². The molecule has 0 saturated carbocycles. The number of hydrogen-bond acceptors (Lipinski definition) is 4. The van der Waals surface area contributed by atoms with Crippen LogP contribution < -0.4 is 9.80 Å². The topological polar surface area (TPSA) is 61.7 Å². The van der Waals surface area contributed by atoms with Gasteiger partial charge in [-0.15, -0.1) is 0 Å². The molecule has 1 aromatic heterocycles. The second-order valence-electron chi connectivity index (χ2n) is 7.30. The van der Waals surface area contributed by atoms with Crippen molar-refractivity contribution in [1.82, 2.24) is 14.7 Å². The lowest BCUT2D eigenvalue weighted by Gasteiger charge is -2.23. The summed E-state index contributed by atoms with van der Waals surface area (Å²) in [5.41, 5.74) is 3.41. The fraction of sp³-hybridized carbons (Fsp3) is 0.450. The summed E-state index contributed by atoms with van der Waals surface area (Å²) in [5.74, 6) is 0.0244. The summed E-state index contributed by atoms with van der Waals surface area (Å²) in [5, 5.41) is 4.09. The van der Waals surface area contributed by atoms with Gasteiger partial charge >= 0.3 is 0 Å². The predicted molar refractivity (Wildman–Crippen MR) is 104 cm³/mol. The number of carbonyl (C=O) groups is 2. The maximum Gasteiger partial charge on any atom is 0.276 e. The molecule has 142 valence electrons. The number of likely N-dealkylation sites (N-methyl/N-ethyl adjacent to an activating group) is 1. The Kier molecular flexibility index (Phi) is 4.70. The van der Waals surface area contributed by atoms with E-state index in [1.165, 1.54) is 12.8 Å². The molecule has 0 unspecified atom stereocenters. The molecule has 0 aliphatic carbocycles. The summed E-state index contributed by atoms with van der Waals surface area (Å²) in [6.07, 6.45) is 4.79. The van der Waals surface area contributed by atoms with Crippen LogP contribution in [0.15, 0.2) is 30.5 Å². The van der Waals surface area contributed by atoms with Crippen molar-refractivity contribution in [3.05, 3.63) is 41.7 Å². The van der Waals surface area contributed by atoms with E-state index in [1.807, 2.05) is 25.2 Å². The Morgan fingerprint density at radius 3 is 2.63 bits per heavy atom. The van der Waals surface area contributed by atoms with Crippen LogP contribution in [0.3, 0.4) is 0 Å². The molecule has 27 heavy (non-hydrogen) atoms. The summed E-state index contributed by atoms with van der Waals surface area (Å²) in [7, 11) is 3.58. The average molecular weight is 367 g/mol. The lowest BCUT2D eigenvalue weighted by Crippen LogP contribution is -2.37. The van der Waals surface area contributed by atoms with Gasteiger partial charge in [0.2, 0.25) is 5.91 Å². The molecule has 1 saturated heterocycles. The summed E-state index contributed by atoms with van der Waals surface area (Å²) >= 11 is 0. The first-order valence-electron chi connectivity index (χ1n) is 9.46. The highest BCUT2D eigenvalue weighted by Crippen LogP contribution is 2.33. The fourth-order valence-electron chi connectivity index (χ4n) is 3.89. The third kappa shape index (κ3) is 3.35. The van der Waals surface area contributed by atoms with Gasteiger partial charge in [0.05, 0.1) is 6.54 Å². The minimum atomic E-state index is -0.0584. The highest BCUT2D eigenvalue weighted by atomic mass is 16.2. The van der Waals surface area contributed by atoms with E-state index in [2.05, 4.69) is 10.00 Å². The minimum Gasteiger partial charge on any atom is -0.314 e. The van der Waals surface area contributed by atoms with E-state index >= 15 is 0 Å². The monoisotopic (exact) mass is 367 g/mol. The normalized spacial score (nSPS) is 16.6. The molecule has 0 N–H and O–H groups in total. The van der Waals surface area contributed by atoms with Crippen molar-refractivity contribution in [2.75, 3.05) is 43.0 Å². The molecule has 2 aliphatic rings. The second-order valence-corrected chi connectivity index (χ2v) is 7.30. The number of likely N-dealkylation sites (tertiary alicyclic amines) is 1. The van der Waals surface area contributed by atoms with Crippen molar-refractivity contribution in [1.29, 1.82) is 0 Å². The zero-order valence-electron chi connectivity index (χ0n) is 15.9. The first-order valence-corrected chi connectivity index (χ1v) is 9.46. The van der Waals surface area contributed by atoms with Crippen LogP contribution in [0.5, 0.6) is 0 Å². The highest BCUT2D eigenvalue weighted by molar-refractivity contribution is 6.07. The standard InChI is InChI=1S/C20H25N5O2/c1-22(19(26)14-24-10-3-4-11-24)16-6-5-15-8-12-25(18(15)13-16)20(27)17-7-9-21-23(17)2/h5-7,9,13H,3-4,8,10-12,14H2,1-2H3. The molecule has 0 atom stereocenters. The number of hydrogen-bond donors (Lipinski definition) is 0. The number of anilines is 2. The van der Waals surface area contributed by atoms with E-state index in [4.69, 9.17) is 0 Å². The molecule has 0 radical (unpaired) electrons. The number of aryl methyl sites for hydroxylation is 1. The van der Waals surface area contributed by atoms with Gasteiger partial charge in [-0.05, 0) is 56.1 Å². The number of benzene rings is 1. The molecule has 7 nitrogen and oxygen atoms in total. The van der Waals surface area contributed by atoms with Gasteiger partial charge in [0.1, 0.15) is 5.69 Å². The molecular formula is C20H25N5O2. The van der Waals surface area contributed by atoms with E-state index < -0.39 is 0 Å². The van der Waals surface area contributed by atoms with Crippen LogP contribution in [0.1, 0.15) is 28.9 Å². The van der Waals surface area contributed by atoms with E-state index in [1.54, 1.807) is 33.8 Å². The molecular weight excluding hydrogens is 342 g/mol. The van der Waals surface area contributed by atoms with Crippen LogP contribution in [0.4, 0.5) is 11.4 Å². The Hall–Kier alpha value is -2.67. The van der Waals surface area contributed by atoms with Crippen LogP contribution in [0.2, 0.25) is 0 Å². The van der Waals surface area contributed by atoms with E-state index in [0.717, 1.165) is 36.4 Å². The van der Waals surface area contributed by atoms with Gasteiger partial charge in [-0.3, -0.25) is 19.2 Å². The largest absolute Gasteiger partial charge is 0.314 e. The zero-order valence-corrected chi connectivity index (χ0v) is 15.9. The Labute approximate surface area is 159 Å². The highest BCUT2D eigenvalue weighted by Gasteiger charge is 2.28. The number of rotatable bonds is 4. The van der Waals surface area contributed by atoms with Gasteiger partial charge in [0.15, 0.2) is 0 Å². The second kappa shape index (κ2) is 7.15. The average Bonchev–Trinajstić information content (AvgIpc) is 3.40. The first kappa shape index (κ1) is 17.7. The molecule has 7 heteroatoms. The van der Waals surface area contributed by atoms with E-state index in [0.29, 0.717) is 18.8 Å². The molecule has 2 aromatic rings. The predicted octanol–water partition coefficient (Wildman–Crippen LogP) is 1.68. The molecule has 1 aromatic carbocycles. The minimum absolute atomic E-state index is 0.0584. The maximum absolute atomic E-state index is 12.9.